The van der Waals surface area contributed by atoms with E-state index in [1.54, 1.807) is 0 Å². The number of nitrogens with zero attached hydrogens (tertiary/aromatic N) is 3. The Morgan fingerprint density at radius 1 is 1.27 bits per heavy atom. The molecule has 0 aromatic carbocycles. The number of carbonyl (C=O) groups is 1. The van der Waals surface area contributed by atoms with Crippen molar-refractivity contribution in [2.75, 3.05) is 26.9 Å². The molecular weight excluding hydrogens is 336 g/mol. The third kappa shape index (κ3) is 3.77. The van der Waals surface area contributed by atoms with Gasteiger partial charge in [0.2, 0.25) is 5.91 Å². The van der Waals surface area contributed by atoms with E-state index in [4.69, 9.17) is 14.2 Å². The standard InChI is InChI=1S/C18H28N4O4/c1-24-11-16(23)19-14-9-25-18-15(10-26-17(14)18)22-8-13(20-21-22)7-12-5-3-2-4-6-12/h8,12,14-15,17-18H,2-7,9-11H2,1H3,(H,19,23). The van der Waals surface area contributed by atoms with Gasteiger partial charge < -0.3 is 19.5 Å². The molecule has 4 atom stereocenters. The fourth-order valence-corrected chi connectivity index (χ4v) is 4.47. The van der Waals surface area contributed by atoms with Crippen molar-refractivity contribution in [1.82, 2.24) is 20.3 Å². The van der Waals surface area contributed by atoms with E-state index in [-0.39, 0.29) is 36.8 Å². The molecule has 8 heteroatoms. The van der Waals surface area contributed by atoms with Gasteiger partial charge in [0.15, 0.2) is 0 Å². The predicted octanol–water partition coefficient (Wildman–Crippen LogP) is 0.871. The molecule has 0 spiro atoms. The first kappa shape index (κ1) is 17.9. The van der Waals surface area contributed by atoms with Crippen molar-refractivity contribution >= 4 is 5.91 Å². The highest BCUT2D eigenvalue weighted by Gasteiger charge is 2.49. The Hall–Kier alpha value is -1.51. The summed E-state index contributed by atoms with van der Waals surface area (Å²) in [4.78, 5) is 11.8. The molecule has 8 nitrogen and oxygen atoms in total. The monoisotopic (exact) mass is 364 g/mol. The summed E-state index contributed by atoms with van der Waals surface area (Å²) in [7, 11) is 1.51. The molecule has 1 amide bonds. The van der Waals surface area contributed by atoms with Crippen LogP contribution in [0.2, 0.25) is 0 Å². The van der Waals surface area contributed by atoms with Crippen LogP contribution in [0.3, 0.4) is 0 Å². The van der Waals surface area contributed by atoms with E-state index in [1.807, 2.05) is 10.9 Å². The molecule has 26 heavy (non-hydrogen) atoms. The Morgan fingerprint density at radius 3 is 2.88 bits per heavy atom. The van der Waals surface area contributed by atoms with E-state index in [9.17, 15) is 4.79 Å². The summed E-state index contributed by atoms with van der Waals surface area (Å²) >= 11 is 0. The van der Waals surface area contributed by atoms with Gasteiger partial charge in [-0.05, 0) is 12.3 Å². The van der Waals surface area contributed by atoms with Crippen molar-refractivity contribution in [2.45, 2.75) is 62.8 Å². The van der Waals surface area contributed by atoms with E-state index in [0.717, 1.165) is 18.0 Å². The van der Waals surface area contributed by atoms with Crippen LogP contribution in [0.25, 0.3) is 0 Å². The summed E-state index contributed by atoms with van der Waals surface area (Å²) in [6, 6.07) is -0.130. The average Bonchev–Trinajstić information content (AvgIpc) is 3.34. The molecule has 2 saturated heterocycles. The normalized spacial score (nSPS) is 31.9. The minimum absolute atomic E-state index is 0.0110. The van der Waals surface area contributed by atoms with Crippen LogP contribution in [0.15, 0.2) is 6.20 Å². The third-order valence-electron chi connectivity index (χ3n) is 5.77. The molecule has 1 saturated carbocycles. The lowest BCUT2D eigenvalue weighted by Crippen LogP contribution is -2.45. The summed E-state index contributed by atoms with van der Waals surface area (Å²) in [6.45, 7) is 1.02. The first-order valence-electron chi connectivity index (χ1n) is 9.67. The molecule has 1 aromatic heterocycles. The van der Waals surface area contributed by atoms with Gasteiger partial charge in [-0.2, -0.15) is 0 Å². The number of amides is 1. The summed E-state index contributed by atoms with van der Waals surface area (Å²) in [5.74, 6) is 0.592. The van der Waals surface area contributed by atoms with Crippen LogP contribution in [0.4, 0.5) is 0 Å². The summed E-state index contributed by atoms with van der Waals surface area (Å²) in [5, 5.41) is 11.6. The van der Waals surface area contributed by atoms with Crippen LogP contribution in [0.1, 0.15) is 43.8 Å². The SMILES string of the molecule is COCC(=O)NC1COC2C1OCC2n1cc(CC2CCCCC2)nn1. The fourth-order valence-electron chi connectivity index (χ4n) is 4.47. The third-order valence-corrected chi connectivity index (χ3v) is 5.77. The van der Waals surface area contributed by atoms with Crippen molar-refractivity contribution in [1.29, 1.82) is 0 Å². The molecule has 1 aliphatic carbocycles. The molecule has 1 aromatic rings. The fraction of sp³-hybridized carbons (Fsp3) is 0.833. The molecular formula is C18H28N4O4. The highest BCUT2D eigenvalue weighted by atomic mass is 16.6. The van der Waals surface area contributed by atoms with Gasteiger partial charge in [0, 0.05) is 13.3 Å². The van der Waals surface area contributed by atoms with Crippen LogP contribution in [-0.2, 0) is 25.4 Å². The number of hydrogen-bond acceptors (Lipinski definition) is 6. The maximum Gasteiger partial charge on any atom is 0.246 e. The average molecular weight is 364 g/mol. The van der Waals surface area contributed by atoms with Crippen molar-refractivity contribution in [3.05, 3.63) is 11.9 Å². The van der Waals surface area contributed by atoms with Crippen LogP contribution in [-0.4, -0.2) is 66.1 Å². The van der Waals surface area contributed by atoms with Crippen LogP contribution in [0, 0.1) is 5.92 Å². The number of carbonyl (C=O) groups excluding carboxylic acids is 1. The Bertz CT molecular complexity index is 616. The maximum atomic E-state index is 11.8. The predicted molar refractivity (Wildman–Crippen MR) is 92.6 cm³/mol. The van der Waals surface area contributed by atoms with Gasteiger partial charge in [0.1, 0.15) is 24.9 Å². The molecule has 3 aliphatic rings. The first-order valence-corrected chi connectivity index (χ1v) is 9.67. The number of methoxy groups -OCH3 is 1. The van der Waals surface area contributed by atoms with Crippen LogP contribution in [0.5, 0.6) is 0 Å². The molecule has 2 aliphatic heterocycles. The van der Waals surface area contributed by atoms with Crippen LogP contribution < -0.4 is 5.32 Å². The van der Waals surface area contributed by atoms with E-state index >= 15 is 0 Å². The molecule has 4 unspecified atom stereocenters. The Balaban J connectivity index is 1.35. The summed E-state index contributed by atoms with van der Waals surface area (Å²) in [6.07, 6.45) is 9.45. The van der Waals surface area contributed by atoms with E-state index in [0.29, 0.717) is 13.2 Å². The van der Waals surface area contributed by atoms with Crippen molar-refractivity contribution in [2.24, 2.45) is 5.92 Å². The van der Waals surface area contributed by atoms with Gasteiger partial charge in [0.25, 0.3) is 0 Å². The number of hydrogen-bond donors (Lipinski definition) is 1. The number of nitrogens with one attached hydrogen (secondary N) is 1. The van der Waals surface area contributed by atoms with Crippen LogP contribution >= 0.6 is 0 Å². The van der Waals surface area contributed by atoms with Crippen molar-refractivity contribution in [3.63, 3.8) is 0 Å². The molecule has 3 heterocycles. The molecule has 1 N–H and O–H groups in total. The lowest BCUT2D eigenvalue weighted by molar-refractivity contribution is -0.126. The molecule has 0 radical (unpaired) electrons. The lowest BCUT2D eigenvalue weighted by atomic mass is 9.86. The van der Waals surface area contributed by atoms with E-state index in [1.165, 1.54) is 39.2 Å². The summed E-state index contributed by atoms with van der Waals surface area (Å²) < 4.78 is 18.6. The number of ether oxygens (including phenoxy) is 3. The van der Waals surface area contributed by atoms with Gasteiger partial charge in [-0.3, -0.25) is 4.79 Å². The largest absolute Gasteiger partial charge is 0.375 e. The smallest absolute Gasteiger partial charge is 0.246 e. The topological polar surface area (TPSA) is 87.5 Å². The first-order chi connectivity index (χ1) is 12.7. The summed E-state index contributed by atoms with van der Waals surface area (Å²) in [5.41, 5.74) is 1.06. The van der Waals surface area contributed by atoms with Crippen molar-refractivity contribution < 1.29 is 19.0 Å². The van der Waals surface area contributed by atoms with Gasteiger partial charge in [-0.1, -0.05) is 37.3 Å². The number of aromatic nitrogens is 3. The van der Waals surface area contributed by atoms with Gasteiger partial charge in [-0.25, -0.2) is 4.68 Å². The van der Waals surface area contributed by atoms with Gasteiger partial charge >= 0.3 is 0 Å². The Morgan fingerprint density at radius 2 is 2.08 bits per heavy atom. The van der Waals surface area contributed by atoms with E-state index < -0.39 is 0 Å². The number of rotatable bonds is 6. The zero-order chi connectivity index (χ0) is 17.9. The second kappa shape index (κ2) is 8.02. The highest BCUT2D eigenvalue weighted by molar-refractivity contribution is 5.77. The Kier molecular flexibility index (Phi) is 5.52. The maximum absolute atomic E-state index is 11.8. The second-order valence-electron chi connectivity index (χ2n) is 7.67. The van der Waals surface area contributed by atoms with Gasteiger partial charge in [-0.15, -0.1) is 5.10 Å². The van der Waals surface area contributed by atoms with E-state index in [2.05, 4.69) is 15.6 Å². The second-order valence-corrected chi connectivity index (χ2v) is 7.67. The molecule has 144 valence electrons. The zero-order valence-electron chi connectivity index (χ0n) is 15.3. The zero-order valence-corrected chi connectivity index (χ0v) is 15.3. The lowest BCUT2D eigenvalue weighted by Gasteiger charge is -2.20. The van der Waals surface area contributed by atoms with Gasteiger partial charge in [0.05, 0.1) is 24.9 Å². The Labute approximate surface area is 153 Å². The molecule has 3 fully saturated rings. The highest BCUT2D eigenvalue weighted by Crippen LogP contribution is 2.34. The quantitative estimate of drug-likeness (QED) is 0.806. The molecule has 0 bridgehead atoms. The molecule has 4 rings (SSSR count). The number of fused-ring (bicyclic) bond motifs is 1. The minimum Gasteiger partial charge on any atom is -0.375 e. The minimum atomic E-state index is -0.149. The van der Waals surface area contributed by atoms with Crippen molar-refractivity contribution in [3.8, 4) is 0 Å².